The largest absolute Gasteiger partial charge is 0.384 e. The second-order valence-electron chi connectivity index (χ2n) is 2.98. The molecule has 0 unspecified atom stereocenters. The molecular formula is C11H9ClN2. The molecule has 3 heteroatoms. The first kappa shape index (κ1) is 9.03. The van der Waals surface area contributed by atoms with Crippen LogP contribution in [0.25, 0.3) is 11.1 Å². The van der Waals surface area contributed by atoms with Gasteiger partial charge < -0.3 is 5.73 Å². The van der Waals surface area contributed by atoms with Crippen molar-refractivity contribution < 1.29 is 0 Å². The summed E-state index contributed by atoms with van der Waals surface area (Å²) in [7, 11) is 0. The van der Waals surface area contributed by atoms with Crippen molar-refractivity contribution in [2.45, 2.75) is 0 Å². The number of nitrogens with zero attached hydrogens (tertiary/aromatic N) is 1. The van der Waals surface area contributed by atoms with Crippen LogP contribution in [-0.4, -0.2) is 4.98 Å². The van der Waals surface area contributed by atoms with E-state index in [1.54, 1.807) is 6.20 Å². The van der Waals surface area contributed by atoms with Crippen LogP contribution in [0, 0.1) is 0 Å². The van der Waals surface area contributed by atoms with Gasteiger partial charge in [-0.05, 0) is 35.4 Å². The molecule has 0 fully saturated rings. The monoisotopic (exact) mass is 204 g/mol. The standard InChI is InChI=1S/C11H9ClN2/c12-10-3-1-8(2-4-10)9-5-6-14-11(13)7-9/h1-7H,(H2,13,14). The molecule has 0 radical (unpaired) electrons. The fourth-order valence-corrected chi connectivity index (χ4v) is 1.40. The Morgan fingerprint density at radius 1 is 1.00 bits per heavy atom. The van der Waals surface area contributed by atoms with Gasteiger partial charge in [-0.2, -0.15) is 0 Å². The summed E-state index contributed by atoms with van der Waals surface area (Å²) in [5, 5.41) is 0.732. The predicted octanol–water partition coefficient (Wildman–Crippen LogP) is 2.98. The molecule has 0 aliphatic carbocycles. The summed E-state index contributed by atoms with van der Waals surface area (Å²) in [6.45, 7) is 0. The quantitative estimate of drug-likeness (QED) is 0.776. The Balaban J connectivity index is 2.44. The lowest BCUT2D eigenvalue weighted by Gasteiger charge is -2.01. The van der Waals surface area contributed by atoms with Crippen LogP contribution in [0.2, 0.25) is 5.02 Å². The number of nitrogen functional groups attached to an aromatic ring is 1. The third kappa shape index (κ3) is 1.86. The van der Waals surface area contributed by atoms with Gasteiger partial charge >= 0.3 is 0 Å². The molecule has 0 saturated heterocycles. The fraction of sp³-hybridized carbons (Fsp3) is 0. The van der Waals surface area contributed by atoms with Crippen molar-refractivity contribution in [1.29, 1.82) is 0 Å². The zero-order valence-electron chi connectivity index (χ0n) is 7.44. The Morgan fingerprint density at radius 2 is 1.71 bits per heavy atom. The summed E-state index contributed by atoms with van der Waals surface area (Å²) in [6, 6.07) is 11.4. The lowest BCUT2D eigenvalue weighted by Crippen LogP contribution is -1.89. The maximum absolute atomic E-state index is 5.79. The lowest BCUT2D eigenvalue weighted by atomic mass is 10.1. The first-order chi connectivity index (χ1) is 6.75. The lowest BCUT2D eigenvalue weighted by molar-refractivity contribution is 1.34. The minimum atomic E-state index is 0.525. The van der Waals surface area contributed by atoms with Gasteiger partial charge in [-0.3, -0.25) is 0 Å². The first-order valence-electron chi connectivity index (χ1n) is 4.23. The Hall–Kier alpha value is -1.54. The highest BCUT2D eigenvalue weighted by Crippen LogP contribution is 2.21. The van der Waals surface area contributed by atoms with Crippen LogP contribution in [0.3, 0.4) is 0 Å². The fourth-order valence-electron chi connectivity index (χ4n) is 1.27. The van der Waals surface area contributed by atoms with E-state index in [-0.39, 0.29) is 0 Å². The van der Waals surface area contributed by atoms with E-state index in [1.165, 1.54) is 0 Å². The molecule has 2 N–H and O–H groups in total. The highest BCUT2D eigenvalue weighted by molar-refractivity contribution is 6.30. The minimum Gasteiger partial charge on any atom is -0.384 e. The van der Waals surface area contributed by atoms with Crippen LogP contribution in [0.5, 0.6) is 0 Å². The van der Waals surface area contributed by atoms with Gasteiger partial charge in [-0.1, -0.05) is 23.7 Å². The number of pyridine rings is 1. The van der Waals surface area contributed by atoms with Gasteiger partial charge in [0.25, 0.3) is 0 Å². The van der Waals surface area contributed by atoms with E-state index in [9.17, 15) is 0 Å². The van der Waals surface area contributed by atoms with E-state index in [2.05, 4.69) is 4.98 Å². The number of halogens is 1. The third-order valence-electron chi connectivity index (χ3n) is 1.96. The third-order valence-corrected chi connectivity index (χ3v) is 2.21. The van der Waals surface area contributed by atoms with E-state index in [1.807, 2.05) is 36.4 Å². The summed E-state index contributed by atoms with van der Waals surface area (Å²) in [6.07, 6.45) is 1.69. The molecule has 2 rings (SSSR count). The molecule has 0 saturated carbocycles. The second-order valence-corrected chi connectivity index (χ2v) is 3.41. The number of nitrogens with two attached hydrogens (primary N) is 1. The number of anilines is 1. The van der Waals surface area contributed by atoms with Crippen molar-refractivity contribution in [2.75, 3.05) is 5.73 Å². The molecule has 0 bridgehead atoms. The molecular weight excluding hydrogens is 196 g/mol. The van der Waals surface area contributed by atoms with E-state index >= 15 is 0 Å². The Bertz CT molecular complexity index is 437. The van der Waals surface area contributed by atoms with Crippen LogP contribution < -0.4 is 5.73 Å². The van der Waals surface area contributed by atoms with E-state index in [0.29, 0.717) is 5.82 Å². The van der Waals surface area contributed by atoms with Gasteiger partial charge in [-0.25, -0.2) is 4.98 Å². The zero-order chi connectivity index (χ0) is 9.97. The molecule has 0 aliphatic rings. The van der Waals surface area contributed by atoms with E-state index in [0.717, 1.165) is 16.1 Å². The average Bonchev–Trinajstić information content (AvgIpc) is 2.19. The van der Waals surface area contributed by atoms with Crippen molar-refractivity contribution in [3.63, 3.8) is 0 Å². The van der Waals surface area contributed by atoms with Crippen LogP contribution >= 0.6 is 11.6 Å². The van der Waals surface area contributed by atoms with Gasteiger partial charge in [-0.15, -0.1) is 0 Å². The molecule has 1 aromatic heterocycles. The molecule has 0 aliphatic heterocycles. The second kappa shape index (κ2) is 3.68. The van der Waals surface area contributed by atoms with E-state index < -0.39 is 0 Å². The van der Waals surface area contributed by atoms with Crippen molar-refractivity contribution >= 4 is 17.4 Å². The van der Waals surface area contributed by atoms with Crippen LogP contribution in [-0.2, 0) is 0 Å². The number of aromatic nitrogens is 1. The van der Waals surface area contributed by atoms with Gasteiger partial charge in [0.15, 0.2) is 0 Å². The van der Waals surface area contributed by atoms with Crippen LogP contribution in [0.15, 0.2) is 42.6 Å². The molecule has 1 aromatic carbocycles. The smallest absolute Gasteiger partial charge is 0.123 e. The first-order valence-corrected chi connectivity index (χ1v) is 4.61. The maximum Gasteiger partial charge on any atom is 0.123 e. The molecule has 1 heterocycles. The Morgan fingerprint density at radius 3 is 2.36 bits per heavy atom. The molecule has 2 aromatic rings. The Kier molecular flexibility index (Phi) is 2.37. The summed E-state index contributed by atoms with van der Waals surface area (Å²) >= 11 is 5.79. The summed E-state index contributed by atoms with van der Waals surface area (Å²) < 4.78 is 0. The summed E-state index contributed by atoms with van der Waals surface area (Å²) in [5.41, 5.74) is 7.73. The zero-order valence-corrected chi connectivity index (χ0v) is 8.20. The van der Waals surface area contributed by atoms with Crippen molar-refractivity contribution in [2.24, 2.45) is 0 Å². The SMILES string of the molecule is Nc1cc(-c2ccc(Cl)cc2)ccn1. The number of hydrogen-bond acceptors (Lipinski definition) is 2. The molecule has 0 spiro atoms. The maximum atomic E-state index is 5.79. The molecule has 2 nitrogen and oxygen atoms in total. The number of hydrogen-bond donors (Lipinski definition) is 1. The molecule has 70 valence electrons. The molecule has 0 amide bonds. The molecule has 0 atom stereocenters. The highest BCUT2D eigenvalue weighted by Gasteiger charge is 1.97. The highest BCUT2D eigenvalue weighted by atomic mass is 35.5. The summed E-state index contributed by atoms with van der Waals surface area (Å²) in [4.78, 5) is 3.93. The van der Waals surface area contributed by atoms with Crippen LogP contribution in [0.1, 0.15) is 0 Å². The van der Waals surface area contributed by atoms with Gasteiger partial charge in [0.1, 0.15) is 5.82 Å². The topological polar surface area (TPSA) is 38.9 Å². The minimum absolute atomic E-state index is 0.525. The average molecular weight is 205 g/mol. The number of rotatable bonds is 1. The predicted molar refractivity (Wildman–Crippen MR) is 59.1 cm³/mol. The van der Waals surface area contributed by atoms with Gasteiger partial charge in [0.05, 0.1) is 0 Å². The van der Waals surface area contributed by atoms with Gasteiger partial charge in [0, 0.05) is 11.2 Å². The van der Waals surface area contributed by atoms with Crippen LogP contribution in [0.4, 0.5) is 5.82 Å². The Labute approximate surface area is 87.4 Å². The van der Waals surface area contributed by atoms with Crippen molar-refractivity contribution in [1.82, 2.24) is 4.98 Å². The molecule has 14 heavy (non-hydrogen) atoms. The normalized spacial score (nSPS) is 10.1. The number of benzene rings is 1. The van der Waals surface area contributed by atoms with Crippen molar-refractivity contribution in [3.8, 4) is 11.1 Å². The summed E-state index contributed by atoms with van der Waals surface area (Å²) in [5.74, 6) is 0.525. The van der Waals surface area contributed by atoms with Gasteiger partial charge in [0.2, 0.25) is 0 Å². The van der Waals surface area contributed by atoms with Crippen molar-refractivity contribution in [3.05, 3.63) is 47.6 Å². The van der Waals surface area contributed by atoms with E-state index in [4.69, 9.17) is 17.3 Å².